The lowest BCUT2D eigenvalue weighted by Gasteiger charge is -2.14. The molecule has 2 heterocycles. The summed E-state index contributed by atoms with van der Waals surface area (Å²) < 4.78 is 8.35. The van der Waals surface area contributed by atoms with Gasteiger partial charge in [-0.3, -0.25) is 18.7 Å². The van der Waals surface area contributed by atoms with Crippen LogP contribution in [-0.4, -0.2) is 28.7 Å². The predicted octanol–water partition coefficient (Wildman–Crippen LogP) is 3.03. The molecule has 0 saturated carbocycles. The Morgan fingerprint density at radius 1 is 1.00 bits per heavy atom. The Balaban J connectivity index is 1.53. The molecule has 0 bridgehead atoms. The average molecular weight is 464 g/mol. The highest BCUT2D eigenvalue weighted by molar-refractivity contribution is 7.17. The number of carbonyl (C=O) groups is 1. The predicted molar refractivity (Wildman–Crippen MR) is 130 cm³/mol. The highest BCUT2D eigenvalue weighted by atomic mass is 32.1. The van der Waals surface area contributed by atoms with Gasteiger partial charge in [0.15, 0.2) is 0 Å². The number of hydrogen-bond donors (Lipinski definition) is 1. The average Bonchev–Trinajstić information content (AvgIpc) is 3.33. The Labute approximate surface area is 194 Å². The molecule has 33 heavy (non-hydrogen) atoms. The number of aryl methyl sites for hydroxylation is 1. The maximum absolute atomic E-state index is 13.3. The summed E-state index contributed by atoms with van der Waals surface area (Å²) in [6.07, 6.45) is 1.66. The number of rotatable bonds is 9. The Bertz CT molecular complexity index is 1370. The van der Waals surface area contributed by atoms with Crippen molar-refractivity contribution in [2.24, 2.45) is 0 Å². The molecule has 0 radical (unpaired) electrons. The van der Waals surface area contributed by atoms with Gasteiger partial charge in [-0.15, -0.1) is 11.3 Å². The molecule has 1 amide bonds. The molecule has 0 saturated heterocycles. The summed E-state index contributed by atoms with van der Waals surface area (Å²) in [5, 5.41) is 4.64. The number of hydrogen-bond acceptors (Lipinski definition) is 5. The molecule has 0 fully saturated rings. The summed E-state index contributed by atoms with van der Waals surface area (Å²) >= 11 is 1.26. The Kier molecular flexibility index (Phi) is 7.04. The lowest BCUT2D eigenvalue weighted by molar-refractivity contribution is -0.121. The molecule has 170 valence electrons. The van der Waals surface area contributed by atoms with Crippen LogP contribution in [0.15, 0.2) is 75.6 Å². The van der Waals surface area contributed by atoms with Gasteiger partial charge >= 0.3 is 5.69 Å². The van der Waals surface area contributed by atoms with Gasteiger partial charge in [0, 0.05) is 12.1 Å². The van der Waals surface area contributed by atoms with Crippen LogP contribution in [0.3, 0.4) is 0 Å². The number of amides is 1. The van der Waals surface area contributed by atoms with Crippen LogP contribution < -0.4 is 21.3 Å². The summed E-state index contributed by atoms with van der Waals surface area (Å²) in [5.41, 5.74) is 1.52. The quantitative estimate of drug-likeness (QED) is 0.387. The van der Waals surface area contributed by atoms with E-state index in [0.29, 0.717) is 28.1 Å². The van der Waals surface area contributed by atoms with E-state index in [0.717, 1.165) is 12.8 Å². The van der Waals surface area contributed by atoms with Crippen molar-refractivity contribution < 1.29 is 9.53 Å². The normalized spacial score (nSPS) is 10.9. The second kappa shape index (κ2) is 10.3. The third kappa shape index (κ3) is 5.06. The van der Waals surface area contributed by atoms with E-state index >= 15 is 0 Å². The molecule has 1 N–H and O–H groups in total. The molecule has 0 spiro atoms. The monoisotopic (exact) mass is 463 g/mol. The first-order valence-electron chi connectivity index (χ1n) is 10.7. The Morgan fingerprint density at radius 2 is 1.76 bits per heavy atom. The minimum Gasteiger partial charge on any atom is -0.496 e. The van der Waals surface area contributed by atoms with Gasteiger partial charge in [0.1, 0.15) is 17.0 Å². The number of thiophene rings is 1. The summed E-state index contributed by atoms with van der Waals surface area (Å²) in [6.45, 7) is 0.425. The maximum atomic E-state index is 13.3. The number of carbonyl (C=O) groups excluding carboxylic acids is 1. The molecule has 8 heteroatoms. The standard InChI is InChI=1S/C25H25N3O4S/c1-32-21-12-6-5-11-19(21)16-28-24(30)23-20(13-15-33-23)27(25(28)31)17-22(29)26-14-7-10-18-8-3-2-4-9-18/h2-6,8-9,11-13,15H,7,10,14,16-17H2,1H3,(H,26,29). The van der Waals surface area contributed by atoms with Gasteiger partial charge in [-0.1, -0.05) is 48.5 Å². The lowest BCUT2D eigenvalue weighted by atomic mass is 10.1. The minimum absolute atomic E-state index is 0.0637. The molecule has 0 aliphatic carbocycles. The topological polar surface area (TPSA) is 82.3 Å². The Hall–Kier alpha value is -3.65. The number of fused-ring (bicyclic) bond motifs is 1. The maximum Gasteiger partial charge on any atom is 0.332 e. The molecule has 0 atom stereocenters. The highest BCUT2D eigenvalue weighted by Gasteiger charge is 2.17. The number of aromatic nitrogens is 2. The summed E-state index contributed by atoms with van der Waals surface area (Å²) in [6, 6.07) is 19.0. The van der Waals surface area contributed by atoms with Crippen LogP contribution in [0.2, 0.25) is 0 Å². The first-order chi connectivity index (χ1) is 16.1. The van der Waals surface area contributed by atoms with Gasteiger partial charge in [-0.2, -0.15) is 0 Å². The van der Waals surface area contributed by atoms with Gasteiger partial charge in [-0.05, 0) is 35.9 Å². The van der Waals surface area contributed by atoms with Crippen molar-refractivity contribution in [1.82, 2.24) is 14.5 Å². The highest BCUT2D eigenvalue weighted by Crippen LogP contribution is 2.19. The minimum atomic E-state index is -0.517. The van der Waals surface area contributed by atoms with E-state index in [4.69, 9.17) is 4.74 Å². The van der Waals surface area contributed by atoms with Crippen LogP contribution >= 0.6 is 11.3 Å². The molecule has 0 aliphatic rings. The van der Waals surface area contributed by atoms with Crippen LogP contribution in [0.1, 0.15) is 17.5 Å². The smallest absolute Gasteiger partial charge is 0.332 e. The van der Waals surface area contributed by atoms with Gasteiger partial charge in [0.2, 0.25) is 5.91 Å². The van der Waals surface area contributed by atoms with Gasteiger partial charge < -0.3 is 10.1 Å². The molecular weight excluding hydrogens is 438 g/mol. The van der Waals surface area contributed by atoms with Gasteiger partial charge in [0.25, 0.3) is 5.56 Å². The zero-order chi connectivity index (χ0) is 23.2. The fourth-order valence-electron chi connectivity index (χ4n) is 3.79. The van der Waals surface area contributed by atoms with Crippen LogP contribution in [0.4, 0.5) is 0 Å². The number of para-hydroxylation sites is 1. The molecule has 2 aromatic carbocycles. The first kappa shape index (κ1) is 22.5. The Morgan fingerprint density at radius 3 is 2.55 bits per heavy atom. The summed E-state index contributed by atoms with van der Waals surface area (Å²) in [5.74, 6) is 0.331. The van der Waals surface area contributed by atoms with Crippen LogP contribution in [0, 0.1) is 0 Å². The third-order valence-electron chi connectivity index (χ3n) is 5.47. The largest absolute Gasteiger partial charge is 0.496 e. The van der Waals surface area contributed by atoms with Crippen molar-refractivity contribution in [3.05, 3.63) is 98.0 Å². The van der Waals surface area contributed by atoms with Crippen molar-refractivity contribution in [2.75, 3.05) is 13.7 Å². The van der Waals surface area contributed by atoms with Gasteiger partial charge in [0.05, 0.1) is 19.2 Å². The summed E-state index contributed by atoms with van der Waals surface area (Å²) in [7, 11) is 1.55. The summed E-state index contributed by atoms with van der Waals surface area (Å²) in [4.78, 5) is 38.9. The zero-order valence-corrected chi connectivity index (χ0v) is 19.1. The van der Waals surface area contributed by atoms with Crippen molar-refractivity contribution in [1.29, 1.82) is 0 Å². The molecule has 0 unspecified atom stereocenters. The van der Waals surface area contributed by atoms with E-state index < -0.39 is 5.69 Å². The molecule has 0 aliphatic heterocycles. The van der Waals surface area contributed by atoms with Gasteiger partial charge in [-0.25, -0.2) is 4.79 Å². The molecule has 2 aromatic heterocycles. The fourth-order valence-corrected chi connectivity index (χ4v) is 4.64. The van der Waals surface area contributed by atoms with Crippen molar-refractivity contribution in [2.45, 2.75) is 25.9 Å². The van der Waals surface area contributed by atoms with Crippen LogP contribution in [0.25, 0.3) is 10.2 Å². The van der Waals surface area contributed by atoms with E-state index in [9.17, 15) is 14.4 Å². The van der Waals surface area contributed by atoms with E-state index in [1.807, 2.05) is 36.4 Å². The number of ether oxygens (including phenoxy) is 1. The van der Waals surface area contributed by atoms with Crippen LogP contribution in [0.5, 0.6) is 5.75 Å². The molecular formula is C25H25N3O4S. The second-order valence-corrected chi connectivity index (χ2v) is 8.56. The molecule has 4 rings (SSSR count). The van der Waals surface area contributed by atoms with E-state index in [1.165, 1.54) is 26.0 Å². The number of methoxy groups -OCH3 is 1. The van der Waals surface area contributed by atoms with Crippen molar-refractivity contribution >= 4 is 27.5 Å². The number of nitrogens with one attached hydrogen (secondary N) is 1. The molecule has 7 nitrogen and oxygen atoms in total. The van der Waals surface area contributed by atoms with E-state index in [2.05, 4.69) is 17.4 Å². The number of benzene rings is 2. The van der Waals surface area contributed by atoms with Crippen molar-refractivity contribution in [3.63, 3.8) is 0 Å². The lowest BCUT2D eigenvalue weighted by Crippen LogP contribution is -2.42. The molecule has 4 aromatic rings. The second-order valence-electron chi connectivity index (χ2n) is 7.65. The zero-order valence-electron chi connectivity index (χ0n) is 18.3. The third-order valence-corrected chi connectivity index (χ3v) is 6.36. The number of nitrogens with zero attached hydrogens (tertiary/aromatic N) is 2. The SMILES string of the molecule is COc1ccccc1Cn1c(=O)c2sccc2n(CC(=O)NCCCc2ccccc2)c1=O. The first-order valence-corrected chi connectivity index (χ1v) is 11.6. The van der Waals surface area contributed by atoms with E-state index in [1.54, 1.807) is 24.6 Å². The van der Waals surface area contributed by atoms with Crippen LogP contribution in [-0.2, 0) is 24.3 Å². The van der Waals surface area contributed by atoms with Crippen molar-refractivity contribution in [3.8, 4) is 5.75 Å². The van der Waals surface area contributed by atoms with E-state index in [-0.39, 0.29) is 24.6 Å². The fraction of sp³-hybridized carbons (Fsp3) is 0.240.